The summed E-state index contributed by atoms with van der Waals surface area (Å²) in [6, 6.07) is 9.44. The van der Waals surface area contributed by atoms with Crippen LogP contribution in [0.25, 0.3) is 21.7 Å². The fourth-order valence-corrected chi connectivity index (χ4v) is 3.15. The van der Waals surface area contributed by atoms with Gasteiger partial charge in [-0.3, -0.25) is 4.79 Å². The van der Waals surface area contributed by atoms with Crippen LogP contribution in [0, 0.1) is 0 Å². The molecule has 0 atom stereocenters. The van der Waals surface area contributed by atoms with E-state index in [1.165, 1.54) is 29.7 Å². The molecule has 6 nitrogen and oxygen atoms in total. The maximum atomic E-state index is 12.2. The molecule has 0 bridgehead atoms. The van der Waals surface area contributed by atoms with Gasteiger partial charge < -0.3 is 13.6 Å². The fraction of sp³-hybridized carbons (Fsp3) is 0.0556. The first-order valence-corrected chi connectivity index (χ1v) is 8.75. The minimum absolute atomic E-state index is 0.101. The van der Waals surface area contributed by atoms with Crippen molar-refractivity contribution < 1.29 is 18.4 Å². The van der Waals surface area contributed by atoms with Gasteiger partial charge in [0.05, 0.1) is 10.3 Å². The molecular weight excluding hydrogens is 378 g/mol. The van der Waals surface area contributed by atoms with E-state index >= 15 is 0 Å². The summed E-state index contributed by atoms with van der Waals surface area (Å²) in [5.41, 5.74) is 0.342. The number of hydrogen-bond donors (Lipinski definition) is 0. The molecule has 0 unspecified atom stereocenters. The number of esters is 1. The molecule has 1 aromatic carbocycles. The predicted octanol–water partition coefficient (Wildman–Crippen LogP) is 4.52. The molecule has 3 aromatic heterocycles. The van der Waals surface area contributed by atoms with Crippen LogP contribution in [-0.2, 0) is 11.3 Å². The van der Waals surface area contributed by atoms with Gasteiger partial charge in [-0.05, 0) is 29.6 Å². The Labute approximate surface area is 155 Å². The Morgan fingerprint density at radius 2 is 2.15 bits per heavy atom. The van der Waals surface area contributed by atoms with Crippen LogP contribution >= 0.6 is 22.9 Å². The van der Waals surface area contributed by atoms with Crippen LogP contribution in [0.5, 0.6) is 0 Å². The zero-order valence-corrected chi connectivity index (χ0v) is 14.7. The van der Waals surface area contributed by atoms with E-state index in [0.29, 0.717) is 22.0 Å². The van der Waals surface area contributed by atoms with Gasteiger partial charge in [0.2, 0.25) is 11.7 Å². The zero-order valence-electron chi connectivity index (χ0n) is 13.1. The molecule has 0 amide bonds. The lowest BCUT2D eigenvalue weighted by atomic mass is 10.2. The van der Waals surface area contributed by atoms with Crippen molar-refractivity contribution in [3.63, 3.8) is 0 Å². The summed E-state index contributed by atoms with van der Waals surface area (Å²) in [6.45, 7) is -0.101. The molecule has 26 heavy (non-hydrogen) atoms. The molecule has 0 radical (unpaired) electrons. The van der Waals surface area contributed by atoms with Crippen molar-refractivity contribution in [2.45, 2.75) is 6.61 Å². The van der Waals surface area contributed by atoms with Gasteiger partial charge in [0.1, 0.15) is 24.1 Å². The molecule has 4 rings (SSSR count). The average molecular weight is 388 g/mol. The summed E-state index contributed by atoms with van der Waals surface area (Å²) < 4.78 is 15.9. The van der Waals surface area contributed by atoms with Crippen LogP contribution in [0.15, 0.2) is 61.7 Å². The second-order valence-electron chi connectivity index (χ2n) is 5.31. The molecule has 8 heteroatoms. The number of fused-ring (bicyclic) bond motifs is 1. The number of nitrogens with zero attached hydrogens (tertiary/aromatic N) is 1. The average Bonchev–Trinajstić information content (AvgIpc) is 3.31. The second-order valence-corrected chi connectivity index (χ2v) is 6.70. The van der Waals surface area contributed by atoms with Crippen LogP contribution < -0.4 is 5.43 Å². The highest BCUT2D eigenvalue weighted by atomic mass is 35.5. The first-order valence-electron chi connectivity index (χ1n) is 7.49. The Morgan fingerprint density at radius 3 is 2.96 bits per heavy atom. The monoisotopic (exact) mass is 387 g/mol. The van der Waals surface area contributed by atoms with Crippen molar-refractivity contribution in [1.82, 2.24) is 4.98 Å². The van der Waals surface area contributed by atoms with E-state index < -0.39 is 5.97 Å². The first-order chi connectivity index (χ1) is 12.6. The van der Waals surface area contributed by atoms with Crippen molar-refractivity contribution in [2.24, 2.45) is 0 Å². The highest BCUT2D eigenvalue weighted by Crippen LogP contribution is 2.24. The molecule has 0 saturated heterocycles. The lowest BCUT2D eigenvalue weighted by Gasteiger charge is -2.03. The number of thiophene rings is 1. The Bertz CT molecular complexity index is 1150. The largest absolute Gasteiger partial charge is 0.453 e. The van der Waals surface area contributed by atoms with E-state index in [0.717, 1.165) is 10.9 Å². The van der Waals surface area contributed by atoms with Gasteiger partial charge in [-0.25, -0.2) is 9.78 Å². The molecule has 4 aromatic rings. The molecule has 0 aliphatic heterocycles. The molecule has 0 saturated carbocycles. The third kappa shape index (κ3) is 3.26. The predicted molar refractivity (Wildman–Crippen MR) is 96.4 cm³/mol. The van der Waals surface area contributed by atoms with Crippen LogP contribution in [0.2, 0.25) is 5.02 Å². The van der Waals surface area contributed by atoms with E-state index in [2.05, 4.69) is 4.98 Å². The van der Waals surface area contributed by atoms with Crippen LogP contribution in [0.1, 0.15) is 16.2 Å². The number of halogens is 1. The minimum Gasteiger partial charge on any atom is -0.453 e. The van der Waals surface area contributed by atoms with E-state index in [-0.39, 0.29) is 23.4 Å². The lowest BCUT2D eigenvalue weighted by molar-refractivity contribution is 0.0431. The van der Waals surface area contributed by atoms with E-state index in [1.54, 1.807) is 6.07 Å². The molecule has 0 N–H and O–H groups in total. The Hall–Kier alpha value is -2.90. The Morgan fingerprint density at radius 1 is 1.27 bits per heavy atom. The number of oxazole rings is 1. The molecule has 0 aliphatic rings. The standard InChI is InChI=1S/C18H10ClNO5S/c19-10-3-4-14-12(6-10)13(21)7-15(25-14)18(22)24-9-11-8-23-17(20-11)16-2-1-5-26-16/h1-8H,9H2. The topological polar surface area (TPSA) is 82.5 Å². The normalized spacial score (nSPS) is 11.0. The first kappa shape index (κ1) is 16.6. The lowest BCUT2D eigenvalue weighted by Crippen LogP contribution is -2.10. The third-order valence-corrected chi connectivity index (χ3v) is 4.62. The van der Waals surface area contributed by atoms with Crippen molar-refractivity contribution >= 4 is 39.9 Å². The molecule has 0 fully saturated rings. The maximum Gasteiger partial charge on any atom is 0.374 e. The summed E-state index contributed by atoms with van der Waals surface area (Å²) >= 11 is 7.35. The fourth-order valence-electron chi connectivity index (χ4n) is 2.33. The van der Waals surface area contributed by atoms with E-state index in [9.17, 15) is 9.59 Å². The van der Waals surface area contributed by atoms with Crippen LogP contribution in [-0.4, -0.2) is 11.0 Å². The summed E-state index contributed by atoms with van der Waals surface area (Å²) in [7, 11) is 0. The molecule has 130 valence electrons. The van der Waals surface area contributed by atoms with Crippen molar-refractivity contribution in [3.05, 3.63) is 74.7 Å². The van der Waals surface area contributed by atoms with Crippen LogP contribution in [0.3, 0.4) is 0 Å². The van der Waals surface area contributed by atoms with Gasteiger partial charge in [-0.15, -0.1) is 11.3 Å². The summed E-state index contributed by atoms with van der Waals surface area (Å²) in [5.74, 6) is -0.494. The SMILES string of the molecule is O=C(OCc1coc(-c2cccs2)n1)c1cc(=O)c2cc(Cl)ccc2o1. The third-order valence-electron chi connectivity index (χ3n) is 3.53. The van der Waals surface area contributed by atoms with Crippen LogP contribution in [0.4, 0.5) is 0 Å². The van der Waals surface area contributed by atoms with Gasteiger partial charge in [0, 0.05) is 11.1 Å². The number of rotatable bonds is 4. The highest BCUT2D eigenvalue weighted by molar-refractivity contribution is 7.13. The second kappa shape index (κ2) is 6.78. The smallest absolute Gasteiger partial charge is 0.374 e. The summed E-state index contributed by atoms with van der Waals surface area (Å²) in [6.07, 6.45) is 1.42. The number of carbonyl (C=O) groups excluding carboxylic acids is 1. The van der Waals surface area contributed by atoms with Gasteiger partial charge in [0.15, 0.2) is 5.43 Å². The Kier molecular flexibility index (Phi) is 4.32. The molecule has 0 aliphatic carbocycles. The van der Waals surface area contributed by atoms with E-state index in [4.69, 9.17) is 25.2 Å². The van der Waals surface area contributed by atoms with Gasteiger partial charge in [-0.2, -0.15) is 0 Å². The number of hydrogen-bond acceptors (Lipinski definition) is 7. The van der Waals surface area contributed by atoms with E-state index in [1.807, 2.05) is 17.5 Å². The van der Waals surface area contributed by atoms with Gasteiger partial charge >= 0.3 is 5.97 Å². The van der Waals surface area contributed by atoms with Crippen molar-refractivity contribution in [2.75, 3.05) is 0 Å². The summed E-state index contributed by atoms with van der Waals surface area (Å²) in [4.78, 5) is 29.4. The highest BCUT2D eigenvalue weighted by Gasteiger charge is 2.16. The van der Waals surface area contributed by atoms with Crippen molar-refractivity contribution in [3.8, 4) is 10.8 Å². The number of carbonyl (C=O) groups is 1. The number of aromatic nitrogens is 1. The van der Waals surface area contributed by atoms with Gasteiger partial charge in [-0.1, -0.05) is 17.7 Å². The Balaban J connectivity index is 1.51. The minimum atomic E-state index is -0.764. The quantitative estimate of drug-likeness (QED) is 0.479. The maximum absolute atomic E-state index is 12.2. The van der Waals surface area contributed by atoms with Crippen molar-refractivity contribution in [1.29, 1.82) is 0 Å². The zero-order chi connectivity index (χ0) is 18.1. The molecule has 3 heterocycles. The molecule has 0 spiro atoms. The molecular formula is C18H10ClNO5S. The van der Waals surface area contributed by atoms with Gasteiger partial charge in [0.25, 0.3) is 0 Å². The number of ether oxygens (including phenoxy) is 1. The number of benzene rings is 1. The summed E-state index contributed by atoms with van der Waals surface area (Å²) in [5, 5.41) is 2.62.